The number of hydrogen-bond acceptors (Lipinski definition) is 7. The molecule has 6 rings (SSSR count). The molecule has 0 bridgehead atoms. The second kappa shape index (κ2) is 19.5. The van der Waals surface area contributed by atoms with Crippen molar-refractivity contribution < 1.29 is 28.9 Å². The standard InChI is InChI=1S/C25H35NO3.C24H33NO3/c1-17-14-23(29-19-12-10-18(11-13-19)25(2,3)4)22(15-26-16-24(27)28-5)21-9-7-6-8-20(17)21;1-16-13-22(28-18-11-9-17(10-12-18)24(2,3)4)21(14-25-15-23(26)27)20-8-6-5-7-19(16)20/h6-9,14,18-19,26H,10-13,15-16H2,1-5H3;5-8,13,17-18,25H,9-12,14-15H2,1-4H3,(H,26,27). The van der Waals surface area contributed by atoms with E-state index in [1.165, 1.54) is 60.1 Å². The summed E-state index contributed by atoms with van der Waals surface area (Å²) in [5.41, 5.74) is 5.31. The fourth-order valence-electron chi connectivity index (χ4n) is 8.85. The summed E-state index contributed by atoms with van der Waals surface area (Å²) in [6.07, 6.45) is 9.69. The van der Waals surface area contributed by atoms with Crippen LogP contribution in [0.25, 0.3) is 21.5 Å². The van der Waals surface area contributed by atoms with Crippen LogP contribution >= 0.6 is 0 Å². The van der Waals surface area contributed by atoms with E-state index in [4.69, 9.17) is 19.3 Å². The summed E-state index contributed by atoms with van der Waals surface area (Å²) in [5, 5.41) is 20.0. The summed E-state index contributed by atoms with van der Waals surface area (Å²) in [4.78, 5) is 22.4. The first kappa shape index (κ1) is 44.0. The molecule has 0 radical (unpaired) electrons. The Morgan fingerprint density at radius 1 is 0.614 bits per heavy atom. The molecule has 0 saturated heterocycles. The van der Waals surface area contributed by atoms with Crippen molar-refractivity contribution >= 4 is 33.5 Å². The van der Waals surface area contributed by atoms with Gasteiger partial charge in [0.05, 0.1) is 32.4 Å². The Labute approximate surface area is 341 Å². The zero-order chi connectivity index (χ0) is 41.3. The fourth-order valence-corrected chi connectivity index (χ4v) is 8.85. The van der Waals surface area contributed by atoms with E-state index in [2.05, 4.69) is 115 Å². The molecule has 0 heterocycles. The third kappa shape index (κ3) is 12.0. The molecule has 8 nitrogen and oxygen atoms in total. The molecule has 0 aliphatic heterocycles. The third-order valence-electron chi connectivity index (χ3n) is 12.4. The second-order valence-corrected chi connectivity index (χ2v) is 18.5. The number of carboxylic acids is 1. The Bertz CT molecular complexity index is 1960. The first-order valence-corrected chi connectivity index (χ1v) is 21.1. The molecule has 0 atom stereocenters. The van der Waals surface area contributed by atoms with E-state index >= 15 is 0 Å². The predicted octanol–water partition coefficient (Wildman–Crippen LogP) is 10.7. The van der Waals surface area contributed by atoms with Crippen molar-refractivity contribution in [1.29, 1.82) is 0 Å². The smallest absolute Gasteiger partial charge is 0.319 e. The zero-order valence-corrected chi connectivity index (χ0v) is 36.1. The maximum absolute atomic E-state index is 11.5. The molecule has 2 aliphatic carbocycles. The van der Waals surface area contributed by atoms with Gasteiger partial charge in [0.15, 0.2) is 0 Å². The summed E-state index contributed by atoms with van der Waals surface area (Å²) in [7, 11) is 1.41. The third-order valence-corrected chi connectivity index (χ3v) is 12.4. The average Bonchev–Trinajstić information content (AvgIpc) is 3.17. The first-order valence-electron chi connectivity index (χ1n) is 21.1. The number of aryl methyl sites for hydroxylation is 2. The second-order valence-electron chi connectivity index (χ2n) is 18.5. The van der Waals surface area contributed by atoms with Gasteiger partial charge in [0.25, 0.3) is 0 Å². The molecular weight excluding hydrogens is 713 g/mol. The fraction of sp³-hybridized carbons (Fsp3) is 0.551. The quantitative estimate of drug-likeness (QED) is 0.122. The lowest BCUT2D eigenvalue weighted by molar-refractivity contribution is -0.139. The van der Waals surface area contributed by atoms with E-state index in [1.54, 1.807) is 0 Å². The van der Waals surface area contributed by atoms with Gasteiger partial charge in [0, 0.05) is 24.2 Å². The van der Waals surface area contributed by atoms with Crippen molar-refractivity contribution in [3.8, 4) is 11.5 Å². The molecule has 2 fully saturated rings. The number of methoxy groups -OCH3 is 1. The van der Waals surface area contributed by atoms with E-state index in [0.717, 1.165) is 65.5 Å². The van der Waals surface area contributed by atoms with Crippen molar-refractivity contribution in [2.75, 3.05) is 20.2 Å². The molecule has 57 heavy (non-hydrogen) atoms. The number of nitrogens with one attached hydrogen (secondary N) is 2. The number of carboxylic acid groups (broad SMARTS) is 1. The average molecular weight is 781 g/mol. The van der Waals surface area contributed by atoms with Crippen LogP contribution in [0.15, 0.2) is 60.7 Å². The van der Waals surface area contributed by atoms with Gasteiger partial charge in [-0.15, -0.1) is 0 Å². The highest BCUT2D eigenvalue weighted by Crippen LogP contribution is 2.42. The highest BCUT2D eigenvalue weighted by atomic mass is 16.5. The van der Waals surface area contributed by atoms with Crippen LogP contribution < -0.4 is 20.1 Å². The lowest BCUT2D eigenvalue weighted by Crippen LogP contribution is -2.31. The van der Waals surface area contributed by atoms with Gasteiger partial charge in [-0.3, -0.25) is 9.59 Å². The maximum Gasteiger partial charge on any atom is 0.319 e. The lowest BCUT2D eigenvalue weighted by Gasteiger charge is -2.37. The molecule has 2 saturated carbocycles. The van der Waals surface area contributed by atoms with Gasteiger partial charge in [-0.25, -0.2) is 0 Å². The molecule has 0 aromatic heterocycles. The molecule has 310 valence electrons. The summed E-state index contributed by atoms with van der Waals surface area (Å²) >= 11 is 0. The SMILES string of the molecule is COC(=O)CNCc1c(OC2CCC(C(C)(C)C)CC2)cc(C)c2ccccc12.Cc1cc(OC2CCC(C(C)(C)C)CC2)c(CNCC(=O)O)c2ccccc12. The van der Waals surface area contributed by atoms with Gasteiger partial charge >= 0.3 is 11.9 Å². The minimum Gasteiger partial charge on any atom is -0.490 e. The molecule has 4 aromatic carbocycles. The van der Waals surface area contributed by atoms with Crippen molar-refractivity contribution in [1.82, 2.24) is 10.6 Å². The minimum absolute atomic E-state index is 0.0572. The highest BCUT2D eigenvalue weighted by molar-refractivity contribution is 5.91. The number of carbonyl (C=O) groups is 2. The molecule has 0 amide bonds. The summed E-state index contributed by atoms with van der Waals surface area (Å²) in [6.45, 7) is 19.5. The van der Waals surface area contributed by atoms with Gasteiger partial charge in [0.1, 0.15) is 11.5 Å². The highest BCUT2D eigenvalue weighted by Gasteiger charge is 2.32. The monoisotopic (exact) mass is 781 g/mol. The van der Waals surface area contributed by atoms with Crippen molar-refractivity contribution in [2.45, 2.75) is 132 Å². The summed E-state index contributed by atoms with van der Waals surface area (Å²) < 4.78 is 17.8. The van der Waals surface area contributed by atoms with Gasteiger partial charge in [-0.2, -0.15) is 0 Å². The van der Waals surface area contributed by atoms with E-state index < -0.39 is 5.97 Å². The van der Waals surface area contributed by atoms with Crippen molar-refractivity contribution in [3.05, 3.63) is 82.9 Å². The predicted molar refractivity (Wildman–Crippen MR) is 232 cm³/mol. The molecule has 8 heteroatoms. The minimum atomic E-state index is -0.848. The maximum atomic E-state index is 11.5. The molecule has 3 N–H and O–H groups in total. The normalized spacial score (nSPS) is 20.1. The molecule has 0 unspecified atom stereocenters. The van der Waals surface area contributed by atoms with Crippen LogP contribution in [0, 0.1) is 36.5 Å². The van der Waals surface area contributed by atoms with Crippen LogP contribution in [0.2, 0.25) is 0 Å². The number of esters is 1. The van der Waals surface area contributed by atoms with Gasteiger partial charge in [-0.05, 0) is 133 Å². The molecule has 2 aliphatic rings. The van der Waals surface area contributed by atoms with Crippen molar-refractivity contribution in [3.63, 3.8) is 0 Å². The van der Waals surface area contributed by atoms with Crippen LogP contribution in [0.5, 0.6) is 11.5 Å². The number of hydrogen-bond donors (Lipinski definition) is 3. The topological polar surface area (TPSA) is 106 Å². The molecule has 4 aromatic rings. The van der Waals surface area contributed by atoms with Crippen LogP contribution in [-0.2, 0) is 27.4 Å². The summed E-state index contributed by atoms with van der Waals surface area (Å²) in [6, 6.07) is 21.0. The van der Waals surface area contributed by atoms with E-state index in [-0.39, 0.29) is 31.3 Å². The molecule has 0 spiro atoms. The zero-order valence-electron chi connectivity index (χ0n) is 36.1. The van der Waals surface area contributed by atoms with Crippen LogP contribution in [0.1, 0.15) is 115 Å². The number of rotatable bonds is 12. The Kier molecular flexibility index (Phi) is 15.1. The van der Waals surface area contributed by atoms with Gasteiger partial charge in [-0.1, -0.05) is 90.1 Å². The largest absolute Gasteiger partial charge is 0.490 e. The number of aliphatic carboxylic acids is 1. The number of carbonyl (C=O) groups excluding carboxylic acids is 1. The van der Waals surface area contributed by atoms with Crippen LogP contribution in [0.3, 0.4) is 0 Å². The van der Waals surface area contributed by atoms with E-state index in [9.17, 15) is 9.59 Å². The lowest BCUT2D eigenvalue weighted by atomic mass is 9.72. The Hall–Kier alpha value is -4.14. The van der Waals surface area contributed by atoms with Crippen molar-refractivity contribution in [2.24, 2.45) is 22.7 Å². The van der Waals surface area contributed by atoms with Gasteiger partial charge < -0.3 is 30.0 Å². The Balaban J connectivity index is 0.000000218. The van der Waals surface area contributed by atoms with Gasteiger partial charge in [0.2, 0.25) is 0 Å². The Morgan fingerprint density at radius 3 is 1.33 bits per heavy atom. The van der Waals surface area contributed by atoms with E-state index in [0.29, 0.717) is 23.9 Å². The summed E-state index contributed by atoms with van der Waals surface area (Å²) in [5.74, 6) is 2.25. The first-order chi connectivity index (χ1) is 27.0. The van der Waals surface area contributed by atoms with Crippen LogP contribution in [0.4, 0.5) is 0 Å². The van der Waals surface area contributed by atoms with Crippen LogP contribution in [-0.4, -0.2) is 49.5 Å². The number of fused-ring (bicyclic) bond motifs is 2. The Morgan fingerprint density at radius 2 is 0.982 bits per heavy atom. The molecular formula is C49H68N2O6. The van der Waals surface area contributed by atoms with E-state index in [1.807, 2.05) is 12.1 Å². The number of ether oxygens (including phenoxy) is 3. The number of benzene rings is 4.